The standard InChI is InChI=1S/C12H17NOS/c1-2-14-9-7-12(8-9)10-4-6-15-11(10)3-5-13-12/h4,6,9,13H,2-3,5,7-8H2,1H3. The first-order chi connectivity index (χ1) is 7.34. The SMILES string of the molecule is CCOC1CC2(C1)NCCc1sccc12. The summed E-state index contributed by atoms with van der Waals surface area (Å²) in [7, 11) is 0. The number of hydrogen-bond acceptors (Lipinski definition) is 3. The number of fused-ring (bicyclic) bond motifs is 2. The fourth-order valence-corrected chi connectivity index (χ4v) is 3.89. The quantitative estimate of drug-likeness (QED) is 0.830. The lowest BCUT2D eigenvalue weighted by molar-refractivity contribution is -0.0554. The van der Waals surface area contributed by atoms with Gasteiger partial charge in [0.25, 0.3) is 0 Å². The van der Waals surface area contributed by atoms with Crippen LogP contribution in [-0.2, 0) is 16.7 Å². The Balaban J connectivity index is 1.80. The summed E-state index contributed by atoms with van der Waals surface area (Å²) in [5, 5.41) is 5.92. The molecule has 1 aromatic heterocycles. The molecule has 1 saturated carbocycles. The van der Waals surface area contributed by atoms with Crippen molar-refractivity contribution in [1.29, 1.82) is 0 Å². The van der Waals surface area contributed by atoms with Crippen LogP contribution < -0.4 is 5.32 Å². The fraction of sp³-hybridized carbons (Fsp3) is 0.667. The van der Waals surface area contributed by atoms with Crippen molar-refractivity contribution in [3.8, 4) is 0 Å². The molecule has 3 rings (SSSR count). The predicted molar refractivity (Wildman–Crippen MR) is 62.4 cm³/mol. The van der Waals surface area contributed by atoms with Crippen molar-refractivity contribution in [2.45, 2.75) is 37.8 Å². The van der Waals surface area contributed by atoms with Gasteiger partial charge in [0.15, 0.2) is 0 Å². The zero-order valence-electron chi connectivity index (χ0n) is 9.08. The van der Waals surface area contributed by atoms with E-state index in [0.717, 1.165) is 26.0 Å². The van der Waals surface area contributed by atoms with Gasteiger partial charge in [0.05, 0.1) is 6.10 Å². The summed E-state index contributed by atoms with van der Waals surface area (Å²) in [5.74, 6) is 0. The summed E-state index contributed by atoms with van der Waals surface area (Å²) in [6, 6.07) is 2.30. The monoisotopic (exact) mass is 223 g/mol. The molecule has 82 valence electrons. The molecule has 0 unspecified atom stereocenters. The van der Waals surface area contributed by atoms with Gasteiger partial charge in [-0.25, -0.2) is 0 Å². The minimum Gasteiger partial charge on any atom is -0.378 e. The highest BCUT2D eigenvalue weighted by Gasteiger charge is 2.48. The zero-order chi connectivity index (χ0) is 10.3. The maximum Gasteiger partial charge on any atom is 0.0616 e. The molecule has 15 heavy (non-hydrogen) atoms. The van der Waals surface area contributed by atoms with E-state index in [-0.39, 0.29) is 5.54 Å². The maximum absolute atomic E-state index is 5.66. The van der Waals surface area contributed by atoms with Crippen LogP contribution in [0.3, 0.4) is 0 Å². The van der Waals surface area contributed by atoms with Crippen molar-refractivity contribution >= 4 is 11.3 Å². The van der Waals surface area contributed by atoms with Gasteiger partial charge in [-0.3, -0.25) is 0 Å². The molecule has 0 amide bonds. The summed E-state index contributed by atoms with van der Waals surface area (Å²) in [4.78, 5) is 1.59. The van der Waals surface area contributed by atoms with Crippen molar-refractivity contribution in [1.82, 2.24) is 5.32 Å². The van der Waals surface area contributed by atoms with Crippen LogP contribution in [0.2, 0.25) is 0 Å². The second kappa shape index (κ2) is 3.58. The Morgan fingerprint density at radius 2 is 2.47 bits per heavy atom. The molecule has 1 aliphatic carbocycles. The van der Waals surface area contributed by atoms with Crippen molar-refractivity contribution in [2.75, 3.05) is 13.2 Å². The van der Waals surface area contributed by atoms with E-state index < -0.39 is 0 Å². The Labute approximate surface area is 94.6 Å². The van der Waals surface area contributed by atoms with Crippen LogP contribution in [-0.4, -0.2) is 19.3 Å². The molecule has 0 bridgehead atoms. The van der Waals surface area contributed by atoms with Crippen LogP contribution >= 0.6 is 11.3 Å². The molecule has 3 heteroatoms. The molecule has 1 N–H and O–H groups in total. The fourth-order valence-electron chi connectivity index (χ4n) is 2.91. The van der Waals surface area contributed by atoms with Gasteiger partial charge in [0.2, 0.25) is 0 Å². The minimum absolute atomic E-state index is 0.271. The Kier molecular flexibility index (Phi) is 2.34. The molecular weight excluding hydrogens is 206 g/mol. The molecule has 1 aromatic rings. The third kappa shape index (κ3) is 1.45. The van der Waals surface area contributed by atoms with Crippen molar-refractivity contribution in [2.24, 2.45) is 0 Å². The number of nitrogens with one attached hydrogen (secondary N) is 1. The van der Waals surface area contributed by atoms with Crippen molar-refractivity contribution < 1.29 is 4.74 Å². The van der Waals surface area contributed by atoms with Crippen molar-refractivity contribution in [3.63, 3.8) is 0 Å². The Morgan fingerprint density at radius 1 is 1.60 bits per heavy atom. The highest BCUT2D eigenvalue weighted by molar-refractivity contribution is 7.10. The van der Waals surface area contributed by atoms with Crippen LogP contribution in [0.4, 0.5) is 0 Å². The molecule has 1 aliphatic heterocycles. The van der Waals surface area contributed by atoms with Crippen LogP contribution in [0.25, 0.3) is 0 Å². The summed E-state index contributed by atoms with van der Waals surface area (Å²) in [6.45, 7) is 4.05. The molecule has 0 aromatic carbocycles. The van der Waals surface area contributed by atoms with E-state index in [1.807, 2.05) is 11.3 Å². The first-order valence-corrected chi connectivity index (χ1v) is 6.65. The number of thiophene rings is 1. The van der Waals surface area contributed by atoms with Gasteiger partial charge >= 0.3 is 0 Å². The Bertz CT molecular complexity index is 354. The average Bonchev–Trinajstić information content (AvgIpc) is 2.64. The predicted octanol–water partition coefficient (Wildman–Crippen LogP) is 2.29. The smallest absolute Gasteiger partial charge is 0.0616 e. The second-order valence-corrected chi connectivity index (χ2v) is 5.50. The first-order valence-electron chi connectivity index (χ1n) is 5.77. The number of hydrogen-bond donors (Lipinski definition) is 1. The maximum atomic E-state index is 5.66. The largest absolute Gasteiger partial charge is 0.378 e. The molecule has 2 heterocycles. The normalized spacial score (nSPS) is 33.8. The first kappa shape index (κ1) is 9.82. The molecule has 1 fully saturated rings. The summed E-state index contributed by atoms with van der Waals surface area (Å²) < 4.78 is 5.66. The third-order valence-electron chi connectivity index (χ3n) is 3.63. The van der Waals surface area contributed by atoms with E-state index in [9.17, 15) is 0 Å². The topological polar surface area (TPSA) is 21.3 Å². The van der Waals surface area contributed by atoms with E-state index in [0.29, 0.717) is 6.10 Å². The van der Waals surface area contributed by atoms with Gasteiger partial charge < -0.3 is 10.1 Å². The zero-order valence-corrected chi connectivity index (χ0v) is 9.90. The summed E-state index contributed by atoms with van der Waals surface area (Å²) in [6.07, 6.45) is 4.00. The van der Waals surface area contributed by atoms with E-state index >= 15 is 0 Å². The lowest BCUT2D eigenvalue weighted by Gasteiger charge is -2.50. The highest BCUT2D eigenvalue weighted by Crippen LogP contribution is 2.47. The molecule has 2 nitrogen and oxygen atoms in total. The summed E-state index contributed by atoms with van der Waals surface area (Å²) >= 11 is 1.91. The molecule has 2 aliphatic rings. The number of rotatable bonds is 2. The molecule has 0 radical (unpaired) electrons. The third-order valence-corrected chi connectivity index (χ3v) is 4.61. The lowest BCUT2D eigenvalue weighted by Crippen LogP contribution is -2.58. The van der Waals surface area contributed by atoms with Crippen LogP contribution in [0.5, 0.6) is 0 Å². The average molecular weight is 223 g/mol. The van der Waals surface area contributed by atoms with E-state index in [1.165, 1.54) is 6.42 Å². The molecule has 0 saturated heterocycles. The van der Waals surface area contributed by atoms with Gasteiger partial charge in [-0.15, -0.1) is 11.3 Å². The molecule has 0 atom stereocenters. The van der Waals surface area contributed by atoms with Gasteiger partial charge in [-0.1, -0.05) is 0 Å². The van der Waals surface area contributed by atoms with Gasteiger partial charge in [0, 0.05) is 23.6 Å². The number of ether oxygens (including phenoxy) is 1. The van der Waals surface area contributed by atoms with Crippen LogP contribution in [0.15, 0.2) is 11.4 Å². The Morgan fingerprint density at radius 3 is 3.27 bits per heavy atom. The second-order valence-electron chi connectivity index (χ2n) is 4.50. The van der Waals surface area contributed by atoms with E-state index in [4.69, 9.17) is 4.74 Å². The lowest BCUT2D eigenvalue weighted by atomic mass is 9.68. The van der Waals surface area contributed by atoms with Crippen LogP contribution in [0, 0.1) is 0 Å². The minimum atomic E-state index is 0.271. The summed E-state index contributed by atoms with van der Waals surface area (Å²) in [5.41, 5.74) is 1.82. The highest BCUT2D eigenvalue weighted by atomic mass is 32.1. The van der Waals surface area contributed by atoms with Crippen molar-refractivity contribution in [3.05, 3.63) is 21.9 Å². The van der Waals surface area contributed by atoms with Gasteiger partial charge in [-0.2, -0.15) is 0 Å². The molecular formula is C12H17NOS. The van der Waals surface area contributed by atoms with Gasteiger partial charge in [0.1, 0.15) is 0 Å². The molecule has 1 spiro atoms. The van der Waals surface area contributed by atoms with E-state index in [1.54, 1.807) is 10.4 Å². The van der Waals surface area contributed by atoms with Crippen LogP contribution in [0.1, 0.15) is 30.2 Å². The van der Waals surface area contributed by atoms with Gasteiger partial charge in [-0.05, 0) is 43.2 Å². The Hall–Kier alpha value is -0.380. The van der Waals surface area contributed by atoms with E-state index in [2.05, 4.69) is 23.7 Å².